The van der Waals surface area contributed by atoms with Gasteiger partial charge in [-0.15, -0.1) is 0 Å². The van der Waals surface area contributed by atoms with Crippen molar-refractivity contribution in [3.05, 3.63) is 47.2 Å². The second kappa shape index (κ2) is 5.79. The number of sulfonamides is 1. The number of hydrogen-bond acceptors (Lipinski definition) is 4. The molecule has 2 aromatic carbocycles. The molecule has 112 valence electrons. The first-order valence-corrected chi connectivity index (χ1v) is 7.61. The Bertz CT molecular complexity index is 781. The summed E-state index contributed by atoms with van der Waals surface area (Å²) in [4.78, 5) is -0.121. The highest BCUT2D eigenvalue weighted by molar-refractivity contribution is 7.92. The zero-order valence-electron chi connectivity index (χ0n) is 10.9. The van der Waals surface area contributed by atoms with Crippen LogP contribution in [0, 0.1) is 5.82 Å². The van der Waals surface area contributed by atoms with Gasteiger partial charge < -0.3 is 10.5 Å². The molecule has 0 saturated heterocycles. The summed E-state index contributed by atoms with van der Waals surface area (Å²) >= 11 is 5.79. The highest BCUT2D eigenvalue weighted by Crippen LogP contribution is 2.26. The van der Waals surface area contributed by atoms with Crippen LogP contribution >= 0.6 is 11.6 Å². The molecular formula is C13H12ClFN2O3S. The first-order valence-electron chi connectivity index (χ1n) is 5.75. The van der Waals surface area contributed by atoms with E-state index in [4.69, 9.17) is 22.1 Å². The van der Waals surface area contributed by atoms with Gasteiger partial charge in [-0.3, -0.25) is 4.72 Å². The number of benzene rings is 2. The number of anilines is 2. The van der Waals surface area contributed by atoms with Gasteiger partial charge in [0, 0.05) is 6.07 Å². The zero-order chi connectivity index (χ0) is 15.6. The molecule has 8 heteroatoms. The minimum Gasteiger partial charge on any atom is -0.497 e. The van der Waals surface area contributed by atoms with Crippen LogP contribution in [0.2, 0.25) is 5.02 Å². The fraction of sp³-hybridized carbons (Fsp3) is 0.0769. The third-order valence-corrected chi connectivity index (χ3v) is 4.39. The van der Waals surface area contributed by atoms with E-state index in [2.05, 4.69) is 4.72 Å². The van der Waals surface area contributed by atoms with Gasteiger partial charge in [0.15, 0.2) is 0 Å². The number of ether oxygens (including phenoxy) is 1. The average Bonchev–Trinajstić information content (AvgIpc) is 2.44. The summed E-state index contributed by atoms with van der Waals surface area (Å²) in [5, 5.41) is 0.101. The number of hydrogen-bond donors (Lipinski definition) is 2. The van der Waals surface area contributed by atoms with Gasteiger partial charge in [-0.1, -0.05) is 11.6 Å². The molecule has 0 atom stereocenters. The summed E-state index contributed by atoms with van der Waals surface area (Å²) in [7, 11) is -2.59. The van der Waals surface area contributed by atoms with Gasteiger partial charge in [0.2, 0.25) is 0 Å². The summed E-state index contributed by atoms with van der Waals surface area (Å²) in [6, 6.07) is 7.56. The largest absolute Gasteiger partial charge is 0.497 e. The molecule has 0 aliphatic rings. The lowest BCUT2D eigenvalue weighted by molar-refractivity contribution is 0.414. The zero-order valence-corrected chi connectivity index (χ0v) is 12.5. The predicted molar refractivity (Wildman–Crippen MR) is 79.6 cm³/mol. The summed E-state index contributed by atoms with van der Waals surface area (Å²) in [5.41, 5.74) is 5.56. The highest BCUT2D eigenvalue weighted by atomic mass is 35.5. The van der Waals surface area contributed by atoms with Crippen molar-refractivity contribution in [1.82, 2.24) is 0 Å². The Labute approximate surface area is 126 Å². The molecule has 0 aromatic heterocycles. The van der Waals surface area contributed by atoms with Crippen molar-refractivity contribution in [2.75, 3.05) is 17.6 Å². The topological polar surface area (TPSA) is 81.4 Å². The van der Waals surface area contributed by atoms with E-state index in [1.54, 1.807) is 0 Å². The van der Waals surface area contributed by atoms with Gasteiger partial charge in [0.05, 0.1) is 28.4 Å². The van der Waals surface area contributed by atoms with Crippen LogP contribution in [0.25, 0.3) is 0 Å². The Hall–Kier alpha value is -1.99. The number of methoxy groups -OCH3 is 1. The van der Waals surface area contributed by atoms with E-state index in [9.17, 15) is 12.8 Å². The lowest BCUT2D eigenvalue weighted by Gasteiger charge is -2.11. The Morgan fingerprint density at radius 1 is 1.24 bits per heavy atom. The number of rotatable bonds is 4. The molecule has 0 fully saturated rings. The fourth-order valence-electron chi connectivity index (χ4n) is 1.59. The average molecular weight is 331 g/mol. The number of nitrogens with one attached hydrogen (secondary N) is 1. The molecule has 0 spiro atoms. The lowest BCUT2D eigenvalue weighted by atomic mass is 10.3. The predicted octanol–water partition coefficient (Wildman–Crippen LogP) is 2.87. The highest BCUT2D eigenvalue weighted by Gasteiger charge is 2.18. The molecule has 0 bridgehead atoms. The maximum absolute atomic E-state index is 13.7. The molecule has 0 aliphatic heterocycles. The fourth-order valence-corrected chi connectivity index (χ4v) is 2.92. The Morgan fingerprint density at radius 3 is 2.57 bits per heavy atom. The van der Waals surface area contributed by atoms with Crippen molar-refractivity contribution < 1.29 is 17.5 Å². The van der Waals surface area contributed by atoms with E-state index in [0.717, 1.165) is 6.07 Å². The van der Waals surface area contributed by atoms with Gasteiger partial charge >= 0.3 is 0 Å². The smallest absolute Gasteiger partial charge is 0.262 e. The second-order valence-electron chi connectivity index (χ2n) is 4.13. The van der Waals surface area contributed by atoms with Crippen LogP contribution in [0.5, 0.6) is 5.75 Å². The molecule has 3 N–H and O–H groups in total. The van der Waals surface area contributed by atoms with Crippen LogP contribution in [0.1, 0.15) is 0 Å². The van der Waals surface area contributed by atoms with Gasteiger partial charge in [0.1, 0.15) is 11.6 Å². The minimum atomic E-state index is -3.99. The summed E-state index contributed by atoms with van der Waals surface area (Å²) in [5.74, 6) is -0.398. The Morgan fingerprint density at radius 2 is 1.95 bits per heavy atom. The van der Waals surface area contributed by atoms with E-state index in [1.165, 1.54) is 37.4 Å². The molecule has 21 heavy (non-hydrogen) atoms. The molecule has 0 unspecified atom stereocenters. The van der Waals surface area contributed by atoms with E-state index < -0.39 is 15.8 Å². The molecule has 0 heterocycles. The van der Waals surface area contributed by atoms with E-state index >= 15 is 0 Å². The molecular weight excluding hydrogens is 319 g/mol. The molecule has 2 aromatic rings. The number of nitrogens with two attached hydrogens (primary N) is 1. The third-order valence-electron chi connectivity index (χ3n) is 2.70. The van der Waals surface area contributed by atoms with Crippen LogP contribution < -0.4 is 15.2 Å². The van der Waals surface area contributed by atoms with Crippen molar-refractivity contribution in [3.63, 3.8) is 0 Å². The van der Waals surface area contributed by atoms with Crippen molar-refractivity contribution in [2.24, 2.45) is 0 Å². The molecule has 0 amide bonds. The van der Waals surface area contributed by atoms with Crippen LogP contribution in [0.4, 0.5) is 15.8 Å². The summed E-state index contributed by atoms with van der Waals surface area (Å²) < 4.78 is 45.1. The van der Waals surface area contributed by atoms with Crippen molar-refractivity contribution in [3.8, 4) is 5.75 Å². The van der Waals surface area contributed by atoms with Crippen molar-refractivity contribution in [1.29, 1.82) is 0 Å². The Kier molecular flexibility index (Phi) is 4.24. The van der Waals surface area contributed by atoms with E-state index in [0.29, 0.717) is 5.75 Å². The molecule has 0 radical (unpaired) electrons. The number of nitrogen functional groups attached to an aromatic ring is 1. The van der Waals surface area contributed by atoms with Crippen LogP contribution in [0.15, 0.2) is 41.3 Å². The van der Waals surface area contributed by atoms with Gasteiger partial charge in [-0.25, -0.2) is 12.8 Å². The van der Waals surface area contributed by atoms with E-state index in [-0.39, 0.29) is 21.3 Å². The Balaban J connectivity index is 2.39. The monoisotopic (exact) mass is 330 g/mol. The lowest BCUT2D eigenvalue weighted by Crippen LogP contribution is -2.14. The van der Waals surface area contributed by atoms with E-state index in [1.807, 2.05) is 0 Å². The third kappa shape index (κ3) is 3.37. The first kappa shape index (κ1) is 15.4. The summed E-state index contributed by atoms with van der Waals surface area (Å²) in [6.07, 6.45) is 0. The maximum Gasteiger partial charge on any atom is 0.262 e. The molecule has 0 saturated carbocycles. The molecule has 2 rings (SSSR count). The van der Waals surface area contributed by atoms with Gasteiger partial charge in [-0.2, -0.15) is 0 Å². The van der Waals surface area contributed by atoms with Crippen LogP contribution in [0.3, 0.4) is 0 Å². The minimum absolute atomic E-state index is 0.101. The van der Waals surface area contributed by atoms with Crippen molar-refractivity contribution in [2.45, 2.75) is 4.90 Å². The van der Waals surface area contributed by atoms with Crippen LogP contribution in [-0.4, -0.2) is 15.5 Å². The quantitative estimate of drug-likeness (QED) is 0.845. The standard InChI is InChI=1S/C13H12ClFN2O3S/c1-20-8-2-4-11(15)13(6-8)17-21(18,19)9-3-5-12(16)10(14)7-9/h2-7,17H,16H2,1H3. The molecule has 0 aliphatic carbocycles. The normalized spacial score (nSPS) is 11.2. The van der Waals surface area contributed by atoms with Gasteiger partial charge in [0.25, 0.3) is 10.0 Å². The second-order valence-corrected chi connectivity index (χ2v) is 6.22. The van der Waals surface area contributed by atoms with Crippen LogP contribution in [-0.2, 0) is 10.0 Å². The first-order chi connectivity index (χ1) is 9.83. The van der Waals surface area contributed by atoms with Crippen molar-refractivity contribution >= 4 is 33.0 Å². The maximum atomic E-state index is 13.7. The molecule has 5 nitrogen and oxygen atoms in total. The SMILES string of the molecule is COc1ccc(F)c(NS(=O)(=O)c2ccc(N)c(Cl)c2)c1. The van der Waals surface area contributed by atoms with Gasteiger partial charge in [-0.05, 0) is 30.3 Å². The number of halogens is 2. The summed E-state index contributed by atoms with van der Waals surface area (Å²) in [6.45, 7) is 0.